The highest BCUT2D eigenvalue weighted by molar-refractivity contribution is 7.10. The van der Waals surface area contributed by atoms with Gasteiger partial charge >= 0.3 is 0 Å². The summed E-state index contributed by atoms with van der Waals surface area (Å²) in [4.78, 5) is 18.8. The standard InChI is InChI=1S/C25H29N3OS/c1-20-8-5-6-11-22(20)18-27-13-15-28(16-14-27)19-24(29)26-25(23-12-7-17-30-23)21-9-3-2-4-10-21/h2-12,17,25H,13-16,18-19H2,1H3,(H,26,29)/t25-/m1/s1. The van der Waals surface area contributed by atoms with Gasteiger partial charge < -0.3 is 5.32 Å². The van der Waals surface area contributed by atoms with Crippen LogP contribution in [-0.2, 0) is 11.3 Å². The molecule has 2 aromatic carbocycles. The van der Waals surface area contributed by atoms with E-state index in [0.717, 1.165) is 43.2 Å². The van der Waals surface area contributed by atoms with Crippen molar-refractivity contribution in [1.29, 1.82) is 0 Å². The number of carbonyl (C=O) groups excluding carboxylic acids is 1. The highest BCUT2D eigenvalue weighted by Crippen LogP contribution is 2.25. The quantitative estimate of drug-likeness (QED) is 0.627. The summed E-state index contributed by atoms with van der Waals surface area (Å²) >= 11 is 1.68. The fourth-order valence-electron chi connectivity index (χ4n) is 3.96. The Morgan fingerprint density at radius 1 is 0.933 bits per heavy atom. The number of amides is 1. The van der Waals surface area contributed by atoms with E-state index in [0.29, 0.717) is 6.54 Å². The SMILES string of the molecule is Cc1ccccc1CN1CCN(CC(=O)N[C@H](c2ccccc2)c2cccs2)CC1. The van der Waals surface area contributed by atoms with Crippen LogP contribution in [0.1, 0.15) is 27.6 Å². The van der Waals surface area contributed by atoms with E-state index < -0.39 is 0 Å². The molecule has 1 saturated heterocycles. The Hall–Kier alpha value is -2.47. The predicted octanol–water partition coefficient (Wildman–Crippen LogP) is 4.08. The van der Waals surface area contributed by atoms with E-state index in [9.17, 15) is 4.79 Å². The Morgan fingerprint density at radius 3 is 2.33 bits per heavy atom. The molecule has 4 rings (SSSR count). The smallest absolute Gasteiger partial charge is 0.234 e. The van der Waals surface area contributed by atoms with Crippen LogP contribution in [0.5, 0.6) is 0 Å². The summed E-state index contributed by atoms with van der Waals surface area (Å²) in [5, 5.41) is 5.32. The maximum Gasteiger partial charge on any atom is 0.234 e. The van der Waals surface area contributed by atoms with E-state index in [1.807, 2.05) is 24.3 Å². The number of nitrogens with one attached hydrogen (secondary N) is 1. The number of nitrogens with zero attached hydrogens (tertiary/aromatic N) is 2. The number of hydrogen-bond donors (Lipinski definition) is 1. The molecular formula is C25H29N3OS. The first-order valence-electron chi connectivity index (χ1n) is 10.6. The van der Waals surface area contributed by atoms with Crippen molar-refractivity contribution >= 4 is 17.2 Å². The Kier molecular flexibility index (Phi) is 6.95. The lowest BCUT2D eigenvalue weighted by Crippen LogP contribution is -2.49. The first-order valence-corrected chi connectivity index (χ1v) is 11.4. The molecule has 0 radical (unpaired) electrons. The molecule has 1 amide bonds. The Balaban J connectivity index is 1.30. The molecule has 1 aliphatic heterocycles. The number of rotatable bonds is 7. The molecule has 3 aromatic rings. The zero-order chi connectivity index (χ0) is 20.8. The van der Waals surface area contributed by atoms with Crippen LogP contribution >= 0.6 is 11.3 Å². The maximum absolute atomic E-state index is 12.8. The van der Waals surface area contributed by atoms with Gasteiger partial charge in [0.05, 0.1) is 12.6 Å². The summed E-state index contributed by atoms with van der Waals surface area (Å²) < 4.78 is 0. The number of thiophene rings is 1. The predicted molar refractivity (Wildman–Crippen MR) is 124 cm³/mol. The lowest BCUT2D eigenvalue weighted by atomic mass is 10.1. The minimum absolute atomic E-state index is 0.0824. The highest BCUT2D eigenvalue weighted by Gasteiger charge is 2.22. The van der Waals surface area contributed by atoms with Gasteiger partial charge in [0.1, 0.15) is 0 Å². The Bertz CT molecular complexity index is 934. The average molecular weight is 420 g/mol. The van der Waals surface area contributed by atoms with Crippen LogP contribution in [-0.4, -0.2) is 48.4 Å². The topological polar surface area (TPSA) is 35.6 Å². The zero-order valence-electron chi connectivity index (χ0n) is 17.5. The van der Waals surface area contributed by atoms with Gasteiger partial charge in [0, 0.05) is 37.6 Å². The van der Waals surface area contributed by atoms with Crippen LogP contribution in [0.2, 0.25) is 0 Å². The average Bonchev–Trinajstić information content (AvgIpc) is 3.30. The maximum atomic E-state index is 12.8. The molecule has 1 aromatic heterocycles. The van der Waals surface area contributed by atoms with Gasteiger partial charge in [-0.15, -0.1) is 11.3 Å². The number of hydrogen-bond acceptors (Lipinski definition) is 4. The highest BCUT2D eigenvalue weighted by atomic mass is 32.1. The third-order valence-electron chi connectivity index (χ3n) is 5.75. The van der Waals surface area contributed by atoms with Crippen molar-refractivity contribution in [2.24, 2.45) is 0 Å². The third-order valence-corrected chi connectivity index (χ3v) is 6.69. The van der Waals surface area contributed by atoms with Gasteiger partial charge in [0.15, 0.2) is 0 Å². The molecule has 0 bridgehead atoms. The molecule has 1 atom stereocenters. The van der Waals surface area contributed by atoms with Crippen molar-refractivity contribution in [1.82, 2.24) is 15.1 Å². The van der Waals surface area contributed by atoms with E-state index in [1.54, 1.807) is 11.3 Å². The van der Waals surface area contributed by atoms with E-state index in [-0.39, 0.29) is 11.9 Å². The van der Waals surface area contributed by atoms with Gasteiger partial charge in [-0.25, -0.2) is 0 Å². The summed E-state index contributed by atoms with van der Waals surface area (Å²) in [5.41, 5.74) is 3.86. The lowest BCUT2D eigenvalue weighted by Gasteiger charge is -2.34. The van der Waals surface area contributed by atoms with E-state index in [1.165, 1.54) is 11.1 Å². The van der Waals surface area contributed by atoms with Gasteiger partial charge in [-0.05, 0) is 35.1 Å². The molecule has 1 fully saturated rings. The molecule has 5 heteroatoms. The van der Waals surface area contributed by atoms with Crippen molar-refractivity contribution < 1.29 is 4.79 Å². The molecule has 2 heterocycles. The van der Waals surface area contributed by atoms with E-state index in [2.05, 4.69) is 69.9 Å². The fraction of sp³-hybridized carbons (Fsp3) is 0.320. The van der Waals surface area contributed by atoms with E-state index >= 15 is 0 Å². The number of piperazine rings is 1. The second-order valence-corrected chi connectivity index (χ2v) is 8.88. The second-order valence-electron chi connectivity index (χ2n) is 7.91. The molecule has 1 N–H and O–H groups in total. The van der Waals surface area contributed by atoms with Crippen molar-refractivity contribution in [2.45, 2.75) is 19.5 Å². The monoisotopic (exact) mass is 419 g/mol. The van der Waals surface area contributed by atoms with Crippen LogP contribution in [0, 0.1) is 6.92 Å². The van der Waals surface area contributed by atoms with Crippen LogP contribution in [0.15, 0.2) is 72.1 Å². The molecular weight excluding hydrogens is 390 g/mol. The normalized spacial score (nSPS) is 16.3. The molecule has 156 valence electrons. The largest absolute Gasteiger partial charge is 0.343 e. The lowest BCUT2D eigenvalue weighted by molar-refractivity contribution is -0.123. The number of aryl methyl sites for hydroxylation is 1. The molecule has 1 aliphatic rings. The third kappa shape index (κ3) is 5.36. The van der Waals surface area contributed by atoms with Crippen LogP contribution in [0.4, 0.5) is 0 Å². The van der Waals surface area contributed by atoms with Gasteiger partial charge in [-0.3, -0.25) is 14.6 Å². The van der Waals surface area contributed by atoms with Crippen LogP contribution < -0.4 is 5.32 Å². The first-order chi connectivity index (χ1) is 14.7. The summed E-state index contributed by atoms with van der Waals surface area (Å²) in [6.07, 6.45) is 0. The molecule has 0 aliphatic carbocycles. The zero-order valence-corrected chi connectivity index (χ0v) is 18.3. The summed E-state index contributed by atoms with van der Waals surface area (Å²) in [6, 6.07) is 22.8. The molecule has 0 spiro atoms. The minimum atomic E-state index is -0.0824. The van der Waals surface area contributed by atoms with Crippen LogP contribution in [0.25, 0.3) is 0 Å². The number of carbonyl (C=O) groups is 1. The molecule has 0 saturated carbocycles. The van der Waals surface area contributed by atoms with Crippen molar-refractivity contribution in [2.75, 3.05) is 32.7 Å². The molecule has 30 heavy (non-hydrogen) atoms. The van der Waals surface area contributed by atoms with Gasteiger partial charge in [0.25, 0.3) is 0 Å². The van der Waals surface area contributed by atoms with Gasteiger partial charge in [-0.1, -0.05) is 60.7 Å². The summed E-state index contributed by atoms with van der Waals surface area (Å²) in [7, 11) is 0. The second kappa shape index (κ2) is 10.0. The van der Waals surface area contributed by atoms with Gasteiger partial charge in [-0.2, -0.15) is 0 Å². The fourth-order valence-corrected chi connectivity index (χ4v) is 4.77. The van der Waals surface area contributed by atoms with Gasteiger partial charge in [0.2, 0.25) is 5.91 Å². The Labute approximate surface area is 183 Å². The number of benzene rings is 2. The molecule has 0 unspecified atom stereocenters. The van der Waals surface area contributed by atoms with Crippen molar-refractivity contribution in [3.05, 3.63) is 93.7 Å². The summed E-state index contributed by atoms with van der Waals surface area (Å²) in [6.45, 7) is 7.45. The Morgan fingerprint density at radius 2 is 1.63 bits per heavy atom. The van der Waals surface area contributed by atoms with Crippen molar-refractivity contribution in [3.63, 3.8) is 0 Å². The van der Waals surface area contributed by atoms with Crippen molar-refractivity contribution in [3.8, 4) is 0 Å². The minimum Gasteiger partial charge on any atom is -0.343 e. The summed E-state index contributed by atoms with van der Waals surface area (Å²) in [5.74, 6) is 0.0876. The van der Waals surface area contributed by atoms with E-state index in [4.69, 9.17) is 0 Å². The van der Waals surface area contributed by atoms with Crippen LogP contribution in [0.3, 0.4) is 0 Å². The molecule has 4 nitrogen and oxygen atoms in total. The first kappa shape index (κ1) is 20.8.